The van der Waals surface area contributed by atoms with Gasteiger partial charge in [-0.25, -0.2) is 14.4 Å². The normalized spacial score (nSPS) is 11.3. The van der Waals surface area contributed by atoms with E-state index in [0.29, 0.717) is 0 Å². The average molecular weight is 502 g/mol. The first-order valence-corrected chi connectivity index (χ1v) is 7.72. The lowest BCUT2D eigenvalue weighted by Crippen LogP contribution is -2.21. The lowest BCUT2D eigenvalue weighted by molar-refractivity contribution is -0.193. The van der Waals surface area contributed by atoms with Gasteiger partial charge in [0.15, 0.2) is 0 Å². The topological polar surface area (TPSA) is 146 Å². The molecule has 0 fully saturated rings. The number of aliphatic carboxylic acids is 3. The first-order valence-electron chi connectivity index (χ1n) is 6.34. The third kappa shape index (κ3) is 19.9. The number of hydrogen-bond donors (Lipinski definition) is 3. The van der Waals surface area contributed by atoms with Crippen molar-refractivity contribution in [3.8, 4) is 0 Å². The van der Waals surface area contributed by atoms with E-state index in [9.17, 15) is 51.8 Å². The molecular formula is C12H8F10O8S. The van der Waals surface area contributed by atoms with Crippen LogP contribution in [0.2, 0.25) is 0 Å². The second-order valence-corrected chi connectivity index (χ2v) is 5.51. The molecular weight excluding hydrogens is 494 g/mol. The van der Waals surface area contributed by atoms with E-state index >= 15 is 0 Å². The van der Waals surface area contributed by atoms with Crippen LogP contribution < -0.4 is 0 Å². The second-order valence-electron chi connectivity index (χ2n) is 4.16. The molecule has 0 heterocycles. The van der Waals surface area contributed by atoms with Crippen molar-refractivity contribution in [1.82, 2.24) is 0 Å². The molecule has 1 aromatic rings. The summed E-state index contributed by atoms with van der Waals surface area (Å²) >= 11 is 0. The van der Waals surface area contributed by atoms with Crippen LogP contribution in [-0.2, 0) is 24.6 Å². The molecule has 180 valence electrons. The Morgan fingerprint density at radius 2 is 0.806 bits per heavy atom. The number of carbonyl (C=O) groups is 3. The van der Waals surface area contributed by atoms with E-state index in [1.165, 1.54) is 24.3 Å². The fraction of sp³-hybridized carbons (Fsp3) is 0.250. The summed E-state index contributed by atoms with van der Waals surface area (Å²) in [5.74, 6) is -8.27. The molecule has 1 rings (SSSR count). The van der Waals surface area contributed by atoms with Crippen molar-refractivity contribution < 1.29 is 81.5 Å². The van der Waals surface area contributed by atoms with Gasteiger partial charge in [-0.2, -0.15) is 47.9 Å². The molecule has 19 heteroatoms. The fourth-order valence-electron chi connectivity index (χ4n) is 0.583. The standard InChI is InChI=1S/C6H5FO2S.3C2HF3O2/c7-10(8,9)6-4-2-1-3-5-6;3*3-2(4,5)1(6)7/h1-5H;3*(H,6,7). The summed E-state index contributed by atoms with van der Waals surface area (Å²) in [6.45, 7) is 0. The van der Waals surface area contributed by atoms with Crippen LogP contribution in [0.25, 0.3) is 0 Å². The SMILES string of the molecule is O=C(O)C(F)(F)F.O=C(O)C(F)(F)F.O=C(O)C(F)(F)F.O=S(=O)(F)c1ccccc1. The largest absolute Gasteiger partial charge is 0.490 e. The summed E-state index contributed by atoms with van der Waals surface area (Å²) in [4.78, 5) is 26.4. The Balaban J connectivity index is -0.000000343. The maximum Gasteiger partial charge on any atom is 0.490 e. The zero-order valence-electron chi connectivity index (χ0n) is 14.0. The molecule has 0 radical (unpaired) electrons. The molecule has 0 saturated carbocycles. The second kappa shape index (κ2) is 12.5. The van der Waals surface area contributed by atoms with E-state index in [4.69, 9.17) is 29.7 Å². The first-order chi connectivity index (χ1) is 13.4. The van der Waals surface area contributed by atoms with Crippen LogP contribution in [0.4, 0.5) is 43.4 Å². The van der Waals surface area contributed by atoms with Crippen LogP contribution in [0.15, 0.2) is 35.2 Å². The Kier molecular flexibility index (Phi) is 13.2. The zero-order valence-corrected chi connectivity index (χ0v) is 14.8. The summed E-state index contributed by atoms with van der Waals surface area (Å²) in [6.07, 6.45) is -15.3. The molecule has 0 spiro atoms. The van der Waals surface area contributed by atoms with Crippen molar-refractivity contribution in [2.24, 2.45) is 0 Å². The Labute approximate surface area is 164 Å². The Morgan fingerprint density at radius 3 is 0.903 bits per heavy atom. The molecule has 0 unspecified atom stereocenters. The molecule has 0 aliphatic rings. The molecule has 0 amide bonds. The van der Waals surface area contributed by atoms with Crippen LogP contribution in [0.3, 0.4) is 0 Å². The molecule has 0 bridgehead atoms. The molecule has 3 N–H and O–H groups in total. The van der Waals surface area contributed by atoms with Gasteiger partial charge in [0.2, 0.25) is 0 Å². The van der Waals surface area contributed by atoms with Crippen molar-refractivity contribution in [1.29, 1.82) is 0 Å². The molecule has 31 heavy (non-hydrogen) atoms. The highest BCUT2D eigenvalue weighted by Gasteiger charge is 2.39. The van der Waals surface area contributed by atoms with E-state index in [-0.39, 0.29) is 4.90 Å². The zero-order chi connectivity index (χ0) is 25.8. The Bertz CT molecular complexity index is 755. The van der Waals surface area contributed by atoms with Crippen molar-refractivity contribution in [2.45, 2.75) is 23.4 Å². The van der Waals surface area contributed by atoms with E-state index in [0.717, 1.165) is 0 Å². The van der Waals surface area contributed by atoms with Crippen molar-refractivity contribution in [3.63, 3.8) is 0 Å². The summed E-state index contributed by atoms with van der Waals surface area (Å²) in [5.41, 5.74) is 0. The molecule has 1 aromatic carbocycles. The predicted octanol–water partition coefficient (Wildman–Crippen LogP) is 3.24. The van der Waals surface area contributed by atoms with Crippen LogP contribution in [-0.4, -0.2) is 60.2 Å². The van der Waals surface area contributed by atoms with Gasteiger partial charge in [0.1, 0.15) is 0 Å². The van der Waals surface area contributed by atoms with Gasteiger partial charge < -0.3 is 15.3 Å². The van der Waals surface area contributed by atoms with Crippen LogP contribution in [0, 0.1) is 0 Å². The van der Waals surface area contributed by atoms with Crippen LogP contribution in [0.5, 0.6) is 0 Å². The van der Waals surface area contributed by atoms with Gasteiger partial charge in [-0.05, 0) is 12.1 Å². The van der Waals surface area contributed by atoms with Crippen molar-refractivity contribution in [3.05, 3.63) is 30.3 Å². The molecule has 0 saturated heterocycles. The first kappa shape index (κ1) is 32.5. The highest BCUT2D eigenvalue weighted by Crippen LogP contribution is 2.14. The number of rotatable bonds is 1. The van der Waals surface area contributed by atoms with Crippen LogP contribution in [0.1, 0.15) is 0 Å². The highest BCUT2D eigenvalue weighted by molar-refractivity contribution is 7.86. The average Bonchev–Trinajstić information content (AvgIpc) is 2.54. The molecule has 8 nitrogen and oxygen atoms in total. The molecule has 0 aromatic heterocycles. The van der Waals surface area contributed by atoms with E-state index in [2.05, 4.69) is 0 Å². The minimum Gasteiger partial charge on any atom is -0.475 e. The van der Waals surface area contributed by atoms with E-state index in [1.54, 1.807) is 6.07 Å². The van der Waals surface area contributed by atoms with Crippen LogP contribution >= 0.6 is 0 Å². The lowest BCUT2D eigenvalue weighted by Gasteiger charge is -1.93. The number of halogens is 10. The maximum atomic E-state index is 12.1. The fourth-order valence-corrected chi connectivity index (χ4v) is 1.07. The summed E-state index contributed by atoms with van der Waals surface area (Å²) in [7, 11) is -4.50. The molecule has 0 aliphatic heterocycles. The van der Waals surface area contributed by atoms with Gasteiger partial charge in [-0.3, -0.25) is 0 Å². The number of benzene rings is 1. The summed E-state index contributed by atoms with van der Waals surface area (Å²) in [5, 5.41) is 21.4. The Hall–Kier alpha value is -3.12. The number of carboxylic acid groups (broad SMARTS) is 3. The predicted molar refractivity (Wildman–Crippen MR) is 75.8 cm³/mol. The third-order valence-electron chi connectivity index (χ3n) is 1.75. The minimum absolute atomic E-state index is 0.296. The highest BCUT2D eigenvalue weighted by atomic mass is 32.3. The summed E-state index contributed by atoms with van der Waals surface area (Å²) in [6, 6.07) is 6.96. The quantitative estimate of drug-likeness (QED) is 0.392. The van der Waals surface area contributed by atoms with Gasteiger partial charge in [-0.1, -0.05) is 18.2 Å². The van der Waals surface area contributed by atoms with Gasteiger partial charge in [0.05, 0.1) is 4.90 Å². The Morgan fingerprint density at radius 1 is 0.613 bits per heavy atom. The molecule has 0 atom stereocenters. The van der Waals surface area contributed by atoms with E-state index in [1.807, 2.05) is 0 Å². The number of hydrogen-bond acceptors (Lipinski definition) is 5. The lowest BCUT2D eigenvalue weighted by atomic mass is 10.4. The van der Waals surface area contributed by atoms with Gasteiger partial charge in [-0.15, -0.1) is 3.89 Å². The minimum atomic E-state index is -5.08. The smallest absolute Gasteiger partial charge is 0.475 e. The third-order valence-corrected chi connectivity index (χ3v) is 2.59. The van der Waals surface area contributed by atoms with Crippen molar-refractivity contribution >= 4 is 28.1 Å². The van der Waals surface area contributed by atoms with Crippen molar-refractivity contribution in [2.75, 3.05) is 0 Å². The maximum absolute atomic E-state index is 12.1. The number of carboxylic acids is 3. The summed E-state index contributed by atoms with van der Waals surface area (Å²) < 4.78 is 128. The number of alkyl halides is 9. The van der Waals surface area contributed by atoms with E-state index < -0.39 is 46.7 Å². The monoisotopic (exact) mass is 502 g/mol. The van der Waals surface area contributed by atoms with Gasteiger partial charge in [0, 0.05) is 0 Å². The van der Waals surface area contributed by atoms with Gasteiger partial charge in [0.25, 0.3) is 0 Å². The van der Waals surface area contributed by atoms with Gasteiger partial charge >= 0.3 is 46.7 Å². The molecule has 0 aliphatic carbocycles.